The number of amides is 3. The van der Waals surface area contributed by atoms with Gasteiger partial charge in [0.2, 0.25) is 17.7 Å². The summed E-state index contributed by atoms with van der Waals surface area (Å²) in [5.74, 6) is -0.460. The normalized spacial score (nSPS) is 18.8. The second-order valence-corrected chi connectivity index (χ2v) is 6.20. The highest BCUT2D eigenvalue weighted by Crippen LogP contribution is 2.29. The monoisotopic (exact) mass is 366 g/mol. The first-order valence-corrected chi connectivity index (χ1v) is 8.22. The zero-order chi connectivity index (χ0) is 17.1. The van der Waals surface area contributed by atoms with Crippen LogP contribution in [0.1, 0.15) is 19.3 Å². The maximum absolute atomic E-state index is 12.5. The molecular formula is C17H23ClN4O3. The van der Waals surface area contributed by atoms with E-state index in [1.807, 2.05) is 6.07 Å². The van der Waals surface area contributed by atoms with E-state index < -0.39 is 0 Å². The van der Waals surface area contributed by atoms with Gasteiger partial charge in [-0.2, -0.15) is 0 Å². The molecule has 1 aromatic rings. The average Bonchev–Trinajstić information content (AvgIpc) is 3.12. The van der Waals surface area contributed by atoms with Gasteiger partial charge in [-0.25, -0.2) is 0 Å². The van der Waals surface area contributed by atoms with Crippen molar-refractivity contribution in [2.24, 2.45) is 0 Å². The summed E-state index contributed by atoms with van der Waals surface area (Å²) in [6, 6.07) is 7.39. The molecule has 2 heterocycles. The molecule has 7 nitrogen and oxygen atoms in total. The molecule has 136 valence electrons. The maximum Gasteiger partial charge on any atom is 0.244 e. The highest BCUT2D eigenvalue weighted by Gasteiger charge is 2.28. The topological polar surface area (TPSA) is 81.8 Å². The van der Waals surface area contributed by atoms with Crippen molar-refractivity contribution in [1.29, 1.82) is 0 Å². The van der Waals surface area contributed by atoms with Crippen LogP contribution in [-0.2, 0) is 14.4 Å². The van der Waals surface area contributed by atoms with Crippen LogP contribution in [0.4, 0.5) is 11.4 Å². The van der Waals surface area contributed by atoms with Gasteiger partial charge >= 0.3 is 0 Å². The van der Waals surface area contributed by atoms with Crippen LogP contribution in [0.15, 0.2) is 24.3 Å². The minimum Gasteiger partial charge on any atom is -0.341 e. The predicted molar refractivity (Wildman–Crippen MR) is 98.0 cm³/mol. The molecule has 0 bridgehead atoms. The number of rotatable bonds is 4. The van der Waals surface area contributed by atoms with E-state index in [-0.39, 0.29) is 55.6 Å². The molecule has 1 aromatic carbocycles. The number of benzene rings is 1. The molecule has 3 rings (SSSR count). The van der Waals surface area contributed by atoms with E-state index in [0.29, 0.717) is 11.4 Å². The third-order valence-electron chi connectivity index (χ3n) is 4.60. The van der Waals surface area contributed by atoms with Gasteiger partial charge in [0.25, 0.3) is 0 Å². The van der Waals surface area contributed by atoms with Crippen LogP contribution in [-0.4, -0.2) is 55.3 Å². The highest BCUT2D eigenvalue weighted by molar-refractivity contribution is 6.10. The zero-order valence-corrected chi connectivity index (χ0v) is 15.0. The van der Waals surface area contributed by atoms with Crippen molar-refractivity contribution in [3.63, 3.8) is 0 Å². The number of likely N-dealkylation sites (N-methyl/N-ethyl adjacent to an activating group) is 1. The third kappa shape index (κ3) is 4.29. The van der Waals surface area contributed by atoms with Gasteiger partial charge in [0.1, 0.15) is 6.54 Å². The van der Waals surface area contributed by atoms with Gasteiger partial charge in [-0.05, 0) is 25.1 Å². The molecule has 2 aliphatic rings. The molecule has 1 fully saturated rings. The Balaban J connectivity index is 0.00000225. The van der Waals surface area contributed by atoms with Crippen molar-refractivity contribution >= 4 is 41.5 Å². The summed E-state index contributed by atoms with van der Waals surface area (Å²) in [4.78, 5) is 39.7. The lowest BCUT2D eigenvalue weighted by molar-refractivity contribution is -0.133. The lowest BCUT2D eigenvalue weighted by atomic mass is 10.1. The van der Waals surface area contributed by atoms with E-state index in [1.165, 1.54) is 4.90 Å². The van der Waals surface area contributed by atoms with Crippen molar-refractivity contribution in [2.45, 2.75) is 25.3 Å². The Labute approximate surface area is 153 Å². The minimum absolute atomic E-state index is 0. The van der Waals surface area contributed by atoms with E-state index in [9.17, 15) is 14.4 Å². The summed E-state index contributed by atoms with van der Waals surface area (Å²) in [6.07, 6.45) is 1.20. The number of fused-ring (bicyclic) bond motifs is 1. The van der Waals surface area contributed by atoms with E-state index in [4.69, 9.17) is 0 Å². The SMILES string of the molecule is CN(C(=O)CCC(=O)N1CC(=O)Nc2ccccc21)C1CCNC1.Cl. The molecule has 0 aromatic heterocycles. The Hall–Kier alpha value is -2.12. The first-order valence-electron chi connectivity index (χ1n) is 8.22. The molecule has 0 spiro atoms. The Morgan fingerprint density at radius 3 is 2.76 bits per heavy atom. The van der Waals surface area contributed by atoms with Crippen molar-refractivity contribution in [1.82, 2.24) is 10.2 Å². The van der Waals surface area contributed by atoms with Crippen LogP contribution >= 0.6 is 12.4 Å². The molecule has 3 amide bonds. The second-order valence-electron chi connectivity index (χ2n) is 6.20. The van der Waals surface area contributed by atoms with E-state index in [2.05, 4.69) is 10.6 Å². The van der Waals surface area contributed by atoms with Gasteiger partial charge in [0.05, 0.1) is 11.4 Å². The summed E-state index contributed by atoms with van der Waals surface area (Å²) in [5.41, 5.74) is 1.31. The number of carbonyl (C=O) groups excluding carboxylic acids is 3. The maximum atomic E-state index is 12.5. The molecule has 2 aliphatic heterocycles. The third-order valence-corrected chi connectivity index (χ3v) is 4.60. The van der Waals surface area contributed by atoms with Gasteiger partial charge in [0, 0.05) is 32.5 Å². The smallest absolute Gasteiger partial charge is 0.244 e. The van der Waals surface area contributed by atoms with Crippen molar-refractivity contribution < 1.29 is 14.4 Å². The largest absolute Gasteiger partial charge is 0.341 e. The Bertz CT molecular complexity index is 661. The lowest BCUT2D eigenvalue weighted by Gasteiger charge is -2.29. The Morgan fingerprint density at radius 1 is 1.28 bits per heavy atom. The van der Waals surface area contributed by atoms with E-state index in [1.54, 1.807) is 30.1 Å². The van der Waals surface area contributed by atoms with Crippen LogP contribution in [0.25, 0.3) is 0 Å². The number of nitrogens with one attached hydrogen (secondary N) is 2. The van der Waals surface area contributed by atoms with Crippen LogP contribution in [0.2, 0.25) is 0 Å². The van der Waals surface area contributed by atoms with Crippen molar-refractivity contribution in [3.8, 4) is 0 Å². The lowest BCUT2D eigenvalue weighted by Crippen LogP contribution is -2.43. The molecule has 0 radical (unpaired) electrons. The fraction of sp³-hybridized carbons (Fsp3) is 0.471. The molecule has 1 atom stereocenters. The minimum atomic E-state index is -0.220. The summed E-state index contributed by atoms with van der Waals surface area (Å²) in [7, 11) is 1.79. The van der Waals surface area contributed by atoms with E-state index >= 15 is 0 Å². The summed E-state index contributed by atoms with van der Waals surface area (Å²) in [5, 5.41) is 5.98. The molecule has 0 aliphatic carbocycles. The number of halogens is 1. The summed E-state index contributed by atoms with van der Waals surface area (Å²) in [6.45, 7) is 1.71. The van der Waals surface area contributed by atoms with Crippen LogP contribution in [0.5, 0.6) is 0 Å². The number of carbonyl (C=O) groups is 3. The van der Waals surface area contributed by atoms with Crippen molar-refractivity contribution in [2.75, 3.05) is 36.9 Å². The number of anilines is 2. The molecule has 1 unspecified atom stereocenters. The van der Waals surface area contributed by atoms with Gasteiger partial charge in [-0.15, -0.1) is 12.4 Å². The fourth-order valence-electron chi connectivity index (χ4n) is 3.15. The second kappa shape index (κ2) is 8.31. The quantitative estimate of drug-likeness (QED) is 0.832. The number of hydrogen-bond donors (Lipinski definition) is 2. The molecule has 0 saturated carbocycles. The fourth-order valence-corrected chi connectivity index (χ4v) is 3.15. The van der Waals surface area contributed by atoms with Gasteiger partial charge in [-0.1, -0.05) is 12.1 Å². The predicted octanol–water partition coefficient (Wildman–Crippen LogP) is 0.994. The average molecular weight is 367 g/mol. The number of hydrogen-bond acceptors (Lipinski definition) is 4. The van der Waals surface area contributed by atoms with E-state index in [0.717, 1.165) is 19.5 Å². The molecule has 8 heteroatoms. The number of para-hydroxylation sites is 2. The zero-order valence-electron chi connectivity index (χ0n) is 14.2. The Morgan fingerprint density at radius 2 is 2.04 bits per heavy atom. The first-order chi connectivity index (χ1) is 11.6. The highest BCUT2D eigenvalue weighted by atomic mass is 35.5. The molecule has 1 saturated heterocycles. The standard InChI is InChI=1S/C17H22N4O3.ClH/c1-20(12-8-9-18-10-12)16(23)6-7-17(24)21-11-15(22)19-13-4-2-3-5-14(13)21;/h2-5,12,18H,6-11H2,1H3,(H,19,22);1H. The molecule has 2 N–H and O–H groups in total. The van der Waals surface area contributed by atoms with Gasteiger partial charge in [-0.3, -0.25) is 14.4 Å². The van der Waals surface area contributed by atoms with Crippen molar-refractivity contribution in [3.05, 3.63) is 24.3 Å². The van der Waals surface area contributed by atoms with Crippen LogP contribution in [0, 0.1) is 0 Å². The van der Waals surface area contributed by atoms with Crippen LogP contribution in [0.3, 0.4) is 0 Å². The summed E-state index contributed by atoms with van der Waals surface area (Å²) >= 11 is 0. The van der Waals surface area contributed by atoms with Gasteiger partial charge in [0.15, 0.2) is 0 Å². The van der Waals surface area contributed by atoms with Gasteiger partial charge < -0.3 is 20.4 Å². The molecule has 25 heavy (non-hydrogen) atoms. The molecular weight excluding hydrogens is 344 g/mol. The van der Waals surface area contributed by atoms with Crippen LogP contribution < -0.4 is 15.5 Å². The number of nitrogens with zero attached hydrogens (tertiary/aromatic N) is 2. The first kappa shape index (κ1) is 19.2. The summed E-state index contributed by atoms with van der Waals surface area (Å²) < 4.78 is 0. The Kier molecular flexibility index (Phi) is 6.39.